The summed E-state index contributed by atoms with van der Waals surface area (Å²) in [5.41, 5.74) is 3.07. The summed E-state index contributed by atoms with van der Waals surface area (Å²) in [7, 11) is 0. The predicted octanol–water partition coefficient (Wildman–Crippen LogP) is 2.24. The predicted molar refractivity (Wildman–Crippen MR) is 75.1 cm³/mol. The Balaban J connectivity index is 1.73. The summed E-state index contributed by atoms with van der Waals surface area (Å²) >= 11 is 0. The molecule has 1 saturated heterocycles. The van der Waals surface area contributed by atoms with E-state index in [0.717, 1.165) is 29.9 Å². The Kier molecular flexibility index (Phi) is 3.78. The molecule has 1 aromatic carbocycles. The SMILES string of the molecule is Cc1cc(F)ccc1Cn1cc(C2CCCNC2)nn1. The van der Waals surface area contributed by atoms with Crippen LogP contribution in [0.1, 0.15) is 35.6 Å². The molecule has 1 aliphatic heterocycles. The van der Waals surface area contributed by atoms with Crippen LogP contribution >= 0.6 is 0 Å². The Bertz CT molecular complexity index is 587. The first-order valence-corrected chi connectivity index (χ1v) is 7.08. The lowest BCUT2D eigenvalue weighted by Gasteiger charge is -2.20. The normalized spacial score (nSPS) is 19.2. The summed E-state index contributed by atoms with van der Waals surface area (Å²) in [5, 5.41) is 11.9. The van der Waals surface area contributed by atoms with Gasteiger partial charge >= 0.3 is 0 Å². The third-order valence-corrected chi connectivity index (χ3v) is 3.91. The van der Waals surface area contributed by atoms with Gasteiger partial charge in [-0.2, -0.15) is 0 Å². The fraction of sp³-hybridized carbons (Fsp3) is 0.467. The Morgan fingerprint density at radius 2 is 2.35 bits per heavy atom. The number of aromatic nitrogens is 3. The lowest BCUT2D eigenvalue weighted by atomic mass is 9.97. The summed E-state index contributed by atoms with van der Waals surface area (Å²) < 4.78 is 14.9. The molecule has 20 heavy (non-hydrogen) atoms. The van der Waals surface area contributed by atoms with Crippen molar-refractivity contribution in [2.24, 2.45) is 0 Å². The molecule has 3 rings (SSSR count). The average molecular weight is 274 g/mol. The van der Waals surface area contributed by atoms with Crippen LogP contribution in [0.5, 0.6) is 0 Å². The van der Waals surface area contributed by atoms with E-state index in [1.165, 1.54) is 18.9 Å². The van der Waals surface area contributed by atoms with Gasteiger partial charge in [0.25, 0.3) is 0 Å². The highest BCUT2D eigenvalue weighted by molar-refractivity contribution is 5.26. The molecule has 0 spiro atoms. The summed E-state index contributed by atoms with van der Waals surface area (Å²) in [5.74, 6) is 0.269. The minimum absolute atomic E-state index is 0.196. The van der Waals surface area contributed by atoms with Crippen LogP contribution in [0.15, 0.2) is 24.4 Å². The molecule has 0 saturated carbocycles. The second-order valence-electron chi connectivity index (χ2n) is 5.46. The second kappa shape index (κ2) is 5.71. The fourth-order valence-corrected chi connectivity index (χ4v) is 2.69. The van der Waals surface area contributed by atoms with E-state index < -0.39 is 0 Å². The monoisotopic (exact) mass is 274 g/mol. The van der Waals surface area contributed by atoms with Gasteiger partial charge in [0.1, 0.15) is 5.82 Å². The molecule has 0 radical (unpaired) electrons. The Hall–Kier alpha value is -1.75. The maximum absolute atomic E-state index is 13.1. The van der Waals surface area contributed by atoms with Gasteiger partial charge in [-0.3, -0.25) is 0 Å². The molecule has 0 amide bonds. The van der Waals surface area contributed by atoms with E-state index in [2.05, 4.69) is 15.6 Å². The van der Waals surface area contributed by atoms with Gasteiger partial charge in [0, 0.05) is 18.7 Å². The number of benzene rings is 1. The van der Waals surface area contributed by atoms with Gasteiger partial charge < -0.3 is 5.32 Å². The second-order valence-corrected chi connectivity index (χ2v) is 5.46. The Morgan fingerprint density at radius 3 is 3.10 bits per heavy atom. The highest BCUT2D eigenvalue weighted by atomic mass is 19.1. The molecular weight excluding hydrogens is 255 g/mol. The van der Waals surface area contributed by atoms with Crippen LogP contribution in [-0.2, 0) is 6.54 Å². The summed E-state index contributed by atoms with van der Waals surface area (Å²) in [6.45, 7) is 4.63. The van der Waals surface area contributed by atoms with E-state index >= 15 is 0 Å². The van der Waals surface area contributed by atoms with Crippen molar-refractivity contribution < 1.29 is 4.39 Å². The molecule has 2 aromatic rings. The van der Waals surface area contributed by atoms with Gasteiger partial charge in [0.15, 0.2) is 0 Å². The zero-order valence-electron chi connectivity index (χ0n) is 11.6. The molecule has 0 bridgehead atoms. The Labute approximate surface area is 118 Å². The van der Waals surface area contributed by atoms with Crippen LogP contribution < -0.4 is 5.32 Å². The smallest absolute Gasteiger partial charge is 0.123 e. The molecule has 1 aromatic heterocycles. The number of hydrogen-bond donors (Lipinski definition) is 1. The van der Waals surface area contributed by atoms with Gasteiger partial charge in [0.05, 0.1) is 12.2 Å². The number of hydrogen-bond acceptors (Lipinski definition) is 3. The zero-order chi connectivity index (χ0) is 13.9. The van der Waals surface area contributed by atoms with Crippen LogP contribution in [0.3, 0.4) is 0 Å². The molecule has 5 heteroatoms. The van der Waals surface area contributed by atoms with E-state index in [1.54, 1.807) is 6.07 Å². The molecule has 106 valence electrons. The summed E-state index contributed by atoms with van der Waals surface area (Å²) in [6, 6.07) is 4.86. The minimum Gasteiger partial charge on any atom is -0.316 e. The van der Waals surface area contributed by atoms with Crippen molar-refractivity contribution in [1.29, 1.82) is 0 Å². The van der Waals surface area contributed by atoms with Crippen molar-refractivity contribution >= 4 is 0 Å². The van der Waals surface area contributed by atoms with Gasteiger partial charge in [-0.05, 0) is 49.6 Å². The quantitative estimate of drug-likeness (QED) is 0.933. The van der Waals surface area contributed by atoms with Crippen LogP contribution in [0.4, 0.5) is 4.39 Å². The number of piperidine rings is 1. The van der Waals surface area contributed by atoms with Gasteiger partial charge in [0.2, 0.25) is 0 Å². The largest absolute Gasteiger partial charge is 0.316 e. The number of nitrogens with zero attached hydrogens (tertiary/aromatic N) is 3. The lowest BCUT2D eigenvalue weighted by molar-refractivity contribution is 0.454. The van der Waals surface area contributed by atoms with E-state index in [1.807, 2.05) is 23.9 Å². The summed E-state index contributed by atoms with van der Waals surface area (Å²) in [4.78, 5) is 0. The minimum atomic E-state index is -0.196. The van der Waals surface area contributed by atoms with Crippen molar-refractivity contribution in [3.05, 3.63) is 47.0 Å². The molecule has 1 fully saturated rings. The summed E-state index contributed by atoms with van der Waals surface area (Å²) in [6.07, 6.45) is 4.37. The number of nitrogens with one attached hydrogen (secondary N) is 1. The number of aryl methyl sites for hydroxylation is 1. The highest BCUT2D eigenvalue weighted by Crippen LogP contribution is 2.21. The molecule has 1 atom stereocenters. The van der Waals surface area contributed by atoms with E-state index in [-0.39, 0.29) is 5.82 Å². The molecule has 1 unspecified atom stereocenters. The molecule has 2 heterocycles. The Morgan fingerprint density at radius 1 is 1.45 bits per heavy atom. The third kappa shape index (κ3) is 2.88. The van der Waals surface area contributed by atoms with Crippen LogP contribution in [0.25, 0.3) is 0 Å². The zero-order valence-corrected chi connectivity index (χ0v) is 11.6. The van der Waals surface area contributed by atoms with E-state index in [9.17, 15) is 4.39 Å². The fourth-order valence-electron chi connectivity index (χ4n) is 2.69. The van der Waals surface area contributed by atoms with Crippen molar-refractivity contribution in [3.63, 3.8) is 0 Å². The first-order valence-electron chi connectivity index (χ1n) is 7.08. The number of rotatable bonds is 3. The van der Waals surface area contributed by atoms with Crippen LogP contribution in [-0.4, -0.2) is 28.1 Å². The van der Waals surface area contributed by atoms with E-state index in [0.29, 0.717) is 12.5 Å². The molecular formula is C15H19FN4. The third-order valence-electron chi connectivity index (χ3n) is 3.91. The van der Waals surface area contributed by atoms with Crippen LogP contribution in [0, 0.1) is 12.7 Å². The first kappa shape index (κ1) is 13.2. The maximum Gasteiger partial charge on any atom is 0.123 e. The van der Waals surface area contributed by atoms with Gasteiger partial charge in [-0.15, -0.1) is 5.10 Å². The molecule has 1 aliphatic rings. The average Bonchev–Trinajstić information content (AvgIpc) is 2.92. The molecule has 1 N–H and O–H groups in total. The van der Waals surface area contributed by atoms with Gasteiger partial charge in [-0.1, -0.05) is 11.3 Å². The van der Waals surface area contributed by atoms with Crippen molar-refractivity contribution in [3.8, 4) is 0 Å². The first-order chi connectivity index (χ1) is 9.72. The standard InChI is InChI=1S/C15H19FN4/c1-11-7-14(16)5-4-13(11)9-20-10-15(18-19-20)12-3-2-6-17-8-12/h4-5,7,10,12,17H,2-3,6,8-9H2,1H3. The van der Waals surface area contributed by atoms with Crippen molar-refractivity contribution in [2.45, 2.75) is 32.2 Å². The van der Waals surface area contributed by atoms with Crippen LogP contribution in [0.2, 0.25) is 0 Å². The van der Waals surface area contributed by atoms with Gasteiger partial charge in [-0.25, -0.2) is 9.07 Å². The van der Waals surface area contributed by atoms with Crippen molar-refractivity contribution in [1.82, 2.24) is 20.3 Å². The van der Waals surface area contributed by atoms with Crippen molar-refractivity contribution in [2.75, 3.05) is 13.1 Å². The highest BCUT2D eigenvalue weighted by Gasteiger charge is 2.18. The van der Waals surface area contributed by atoms with E-state index in [4.69, 9.17) is 0 Å². The number of halogens is 1. The molecule has 0 aliphatic carbocycles. The molecule has 4 nitrogen and oxygen atoms in total. The lowest BCUT2D eigenvalue weighted by Crippen LogP contribution is -2.28. The maximum atomic E-state index is 13.1. The topological polar surface area (TPSA) is 42.7 Å².